The first-order valence-electron chi connectivity index (χ1n) is 5.09. The maximum Gasteiger partial charge on any atom is 0.193 e. The molecule has 1 aromatic rings. The molecule has 2 N–H and O–H groups in total. The van der Waals surface area contributed by atoms with E-state index in [0.29, 0.717) is 11.8 Å². The van der Waals surface area contributed by atoms with Gasteiger partial charge in [0.2, 0.25) is 0 Å². The maximum atomic E-state index is 8.86. The zero-order valence-electron chi connectivity index (χ0n) is 9.22. The van der Waals surface area contributed by atoms with Gasteiger partial charge in [0.05, 0.1) is 6.54 Å². The van der Waals surface area contributed by atoms with E-state index in [1.165, 1.54) is 0 Å². The summed E-state index contributed by atoms with van der Waals surface area (Å²) in [6, 6.07) is 3.59. The number of aliphatic hydroxyl groups is 1. The van der Waals surface area contributed by atoms with E-state index in [-0.39, 0.29) is 12.0 Å². The monoisotopic (exact) mass is 231 g/mol. The summed E-state index contributed by atoms with van der Waals surface area (Å²) in [5.74, 6) is 0.833. The predicted molar refractivity (Wildman–Crippen MR) is 60.9 cm³/mol. The zero-order chi connectivity index (χ0) is 11.3. The average molecular weight is 232 g/mol. The Hall–Kier alpha value is -0.510. The molecule has 15 heavy (non-hydrogen) atoms. The lowest BCUT2D eigenvalue weighted by Crippen LogP contribution is -2.29. The van der Waals surface area contributed by atoms with Crippen LogP contribution in [-0.2, 0) is 6.54 Å². The third kappa shape index (κ3) is 4.69. The highest BCUT2D eigenvalue weighted by Gasteiger charge is 2.16. The third-order valence-electron chi connectivity index (χ3n) is 2.32. The van der Waals surface area contributed by atoms with Crippen LogP contribution in [0.15, 0.2) is 16.5 Å². The molecule has 0 saturated heterocycles. The first-order valence-corrected chi connectivity index (χ1v) is 5.47. The molecular weight excluding hydrogens is 214 g/mol. The van der Waals surface area contributed by atoms with Crippen molar-refractivity contribution in [3.63, 3.8) is 0 Å². The normalized spacial score (nSPS) is 12.0. The van der Waals surface area contributed by atoms with Crippen LogP contribution in [0.2, 0.25) is 5.22 Å². The van der Waals surface area contributed by atoms with Crippen LogP contribution in [0, 0.1) is 5.41 Å². The first kappa shape index (κ1) is 12.6. The fourth-order valence-corrected chi connectivity index (χ4v) is 1.52. The lowest BCUT2D eigenvalue weighted by Gasteiger charge is -2.23. The summed E-state index contributed by atoms with van der Waals surface area (Å²) in [6.07, 6.45) is 0.791. The fraction of sp³-hybridized carbons (Fsp3) is 0.636. The molecule has 0 bridgehead atoms. The van der Waals surface area contributed by atoms with Crippen molar-refractivity contribution < 1.29 is 9.52 Å². The van der Waals surface area contributed by atoms with Crippen molar-refractivity contribution in [2.45, 2.75) is 26.8 Å². The molecule has 86 valence electrons. The Balaban J connectivity index is 2.27. The zero-order valence-corrected chi connectivity index (χ0v) is 9.97. The average Bonchev–Trinajstić information content (AvgIpc) is 2.51. The van der Waals surface area contributed by atoms with Crippen molar-refractivity contribution in [1.29, 1.82) is 0 Å². The van der Waals surface area contributed by atoms with E-state index in [4.69, 9.17) is 21.1 Å². The van der Waals surface area contributed by atoms with E-state index in [9.17, 15) is 0 Å². The minimum Gasteiger partial charge on any atom is -0.448 e. The van der Waals surface area contributed by atoms with Gasteiger partial charge in [-0.1, -0.05) is 13.8 Å². The Morgan fingerprint density at radius 1 is 1.47 bits per heavy atom. The lowest BCUT2D eigenvalue weighted by molar-refractivity contribution is 0.206. The van der Waals surface area contributed by atoms with Crippen LogP contribution in [0.3, 0.4) is 0 Å². The van der Waals surface area contributed by atoms with E-state index in [2.05, 4.69) is 19.2 Å². The Bertz CT molecular complexity index is 297. The number of aliphatic hydroxyl groups excluding tert-OH is 1. The number of nitrogens with one attached hydrogen (secondary N) is 1. The van der Waals surface area contributed by atoms with Crippen molar-refractivity contribution in [2.75, 3.05) is 13.2 Å². The quantitative estimate of drug-likeness (QED) is 0.791. The van der Waals surface area contributed by atoms with Crippen LogP contribution < -0.4 is 5.32 Å². The minimum absolute atomic E-state index is 0.102. The molecule has 4 heteroatoms. The molecule has 0 spiro atoms. The van der Waals surface area contributed by atoms with Crippen LogP contribution in [0.1, 0.15) is 26.0 Å². The SMILES string of the molecule is CC(C)(CCO)CNCc1ccc(Cl)o1. The third-order valence-corrected chi connectivity index (χ3v) is 2.52. The highest BCUT2D eigenvalue weighted by atomic mass is 35.5. The van der Waals surface area contributed by atoms with Crippen LogP contribution in [-0.4, -0.2) is 18.3 Å². The van der Waals surface area contributed by atoms with E-state index >= 15 is 0 Å². The summed E-state index contributed by atoms with van der Waals surface area (Å²) in [4.78, 5) is 0. The van der Waals surface area contributed by atoms with Crippen molar-refractivity contribution in [3.8, 4) is 0 Å². The summed E-state index contributed by atoms with van der Waals surface area (Å²) in [6.45, 7) is 5.96. The minimum atomic E-state index is 0.102. The Morgan fingerprint density at radius 2 is 2.20 bits per heavy atom. The Morgan fingerprint density at radius 3 is 2.73 bits per heavy atom. The summed E-state index contributed by atoms with van der Waals surface area (Å²) in [7, 11) is 0. The van der Waals surface area contributed by atoms with Gasteiger partial charge in [-0.2, -0.15) is 0 Å². The van der Waals surface area contributed by atoms with E-state index < -0.39 is 0 Å². The second-order valence-electron chi connectivity index (χ2n) is 4.45. The van der Waals surface area contributed by atoms with E-state index in [1.807, 2.05) is 6.07 Å². The summed E-state index contributed by atoms with van der Waals surface area (Å²) in [5.41, 5.74) is 0.102. The summed E-state index contributed by atoms with van der Waals surface area (Å²) >= 11 is 5.65. The molecule has 1 heterocycles. The number of halogens is 1. The summed E-state index contributed by atoms with van der Waals surface area (Å²) in [5, 5.41) is 12.6. The molecule has 0 aliphatic carbocycles. The molecular formula is C11H18ClNO2. The number of hydrogen-bond donors (Lipinski definition) is 2. The fourth-order valence-electron chi connectivity index (χ4n) is 1.36. The van der Waals surface area contributed by atoms with Crippen molar-refractivity contribution in [1.82, 2.24) is 5.32 Å². The molecule has 0 aromatic carbocycles. The van der Waals surface area contributed by atoms with Gasteiger partial charge in [-0.15, -0.1) is 0 Å². The summed E-state index contributed by atoms with van der Waals surface area (Å²) < 4.78 is 5.21. The smallest absolute Gasteiger partial charge is 0.193 e. The highest BCUT2D eigenvalue weighted by Crippen LogP contribution is 2.18. The van der Waals surface area contributed by atoms with Crippen LogP contribution >= 0.6 is 11.6 Å². The topological polar surface area (TPSA) is 45.4 Å². The first-order chi connectivity index (χ1) is 7.03. The molecule has 0 aliphatic rings. The molecule has 0 amide bonds. The lowest BCUT2D eigenvalue weighted by atomic mass is 9.90. The van der Waals surface area contributed by atoms with Gasteiger partial charge in [-0.05, 0) is 35.6 Å². The molecule has 1 aromatic heterocycles. The van der Waals surface area contributed by atoms with Crippen LogP contribution in [0.25, 0.3) is 0 Å². The van der Waals surface area contributed by atoms with E-state index in [0.717, 1.165) is 18.7 Å². The maximum absolute atomic E-state index is 8.86. The molecule has 0 saturated carbocycles. The van der Waals surface area contributed by atoms with Gasteiger partial charge in [-0.3, -0.25) is 0 Å². The molecule has 0 atom stereocenters. The van der Waals surface area contributed by atoms with E-state index in [1.54, 1.807) is 6.07 Å². The van der Waals surface area contributed by atoms with Crippen molar-refractivity contribution >= 4 is 11.6 Å². The van der Waals surface area contributed by atoms with Gasteiger partial charge < -0.3 is 14.8 Å². The standard InChI is InChI=1S/C11H18ClNO2/c1-11(2,5-6-14)8-13-7-9-3-4-10(12)15-9/h3-4,13-14H,5-8H2,1-2H3. The Kier molecular flexibility index (Phi) is 4.64. The van der Waals surface area contributed by atoms with Gasteiger partial charge >= 0.3 is 0 Å². The van der Waals surface area contributed by atoms with Crippen LogP contribution in [0.4, 0.5) is 0 Å². The second-order valence-corrected chi connectivity index (χ2v) is 4.82. The van der Waals surface area contributed by atoms with Gasteiger partial charge in [0.25, 0.3) is 0 Å². The number of furan rings is 1. The number of rotatable bonds is 6. The van der Waals surface area contributed by atoms with Gasteiger partial charge in [0.1, 0.15) is 5.76 Å². The predicted octanol–water partition coefficient (Wildman–Crippen LogP) is 2.43. The molecule has 0 fully saturated rings. The highest BCUT2D eigenvalue weighted by molar-refractivity contribution is 6.28. The van der Waals surface area contributed by atoms with Gasteiger partial charge in [-0.25, -0.2) is 0 Å². The molecule has 3 nitrogen and oxygen atoms in total. The number of hydrogen-bond acceptors (Lipinski definition) is 3. The Labute approximate surface area is 95.4 Å². The molecule has 0 aliphatic heterocycles. The van der Waals surface area contributed by atoms with Crippen molar-refractivity contribution in [3.05, 3.63) is 23.1 Å². The van der Waals surface area contributed by atoms with Gasteiger partial charge in [0, 0.05) is 13.2 Å². The molecule has 0 radical (unpaired) electrons. The largest absolute Gasteiger partial charge is 0.448 e. The second kappa shape index (κ2) is 5.54. The van der Waals surface area contributed by atoms with Crippen molar-refractivity contribution in [2.24, 2.45) is 5.41 Å². The van der Waals surface area contributed by atoms with Crippen LogP contribution in [0.5, 0.6) is 0 Å². The molecule has 1 rings (SSSR count). The van der Waals surface area contributed by atoms with Gasteiger partial charge in [0.15, 0.2) is 5.22 Å². The molecule has 0 unspecified atom stereocenters.